The molecule has 92 valence electrons. The fourth-order valence-corrected chi connectivity index (χ4v) is 1.70. The number of benzene rings is 1. The molecule has 2 rings (SSSR count). The van der Waals surface area contributed by atoms with Crippen molar-refractivity contribution in [1.82, 2.24) is 4.98 Å². The molecule has 0 atom stereocenters. The normalized spacial score (nSPS) is 10.2. The molecule has 0 aliphatic heterocycles. The average Bonchev–Trinajstić information content (AvgIpc) is 2.43. The summed E-state index contributed by atoms with van der Waals surface area (Å²) in [7, 11) is 0. The van der Waals surface area contributed by atoms with Gasteiger partial charge in [0.05, 0.1) is 12.1 Å². The van der Waals surface area contributed by atoms with Crippen molar-refractivity contribution in [3.63, 3.8) is 0 Å². The van der Waals surface area contributed by atoms with Gasteiger partial charge in [-0.15, -0.1) is 0 Å². The predicted octanol–water partition coefficient (Wildman–Crippen LogP) is 2.52. The van der Waals surface area contributed by atoms with E-state index < -0.39 is 0 Å². The van der Waals surface area contributed by atoms with Crippen LogP contribution in [0.3, 0.4) is 0 Å². The SMILES string of the molecule is CCOCCOc1c(C#N)cnc2ccccc12. The van der Waals surface area contributed by atoms with Crippen molar-refractivity contribution in [2.24, 2.45) is 0 Å². The second-order valence-electron chi connectivity index (χ2n) is 3.68. The Kier molecular flexibility index (Phi) is 4.11. The zero-order valence-corrected chi connectivity index (χ0v) is 10.2. The molecule has 4 heteroatoms. The van der Waals surface area contributed by atoms with Crippen molar-refractivity contribution in [2.45, 2.75) is 6.92 Å². The third-order valence-electron chi connectivity index (χ3n) is 2.52. The number of ether oxygens (including phenoxy) is 2. The minimum Gasteiger partial charge on any atom is -0.489 e. The number of pyridine rings is 1. The third kappa shape index (κ3) is 2.58. The summed E-state index contributed by atoms with van der Waals surface area (Å²) in [6.45, 7) is 3.53. The highest BCUT2D eigenvalue weighted by Crippen LogP contribution is 2.27. The van der Waals surface area contributed by atoms with E-state index in [1.54, 1.807) is 6.20 Å². The van der Waals surface area contributed by atoms with E-state index in [0.717, 1.165) is 10.9 Å². The van der Waals surface area contributed by atoms with Crippen LogP contribution in [0.5, 0.6) is 5.75 Å². The molecule has 0 saturated heterocycles. The molecule has 1 heterocycles. The molecule has 0 radical (unpaired) electrons. The highest BCUT2D eigenvalue weighted by Gasteiger charge is 2.09. The van der Waals surface area contributed by atoms with Crippen LogP contribution in [0.15, 0.2) is 30.5 Å². The molecule has 0 amide bonds. The van der Waals surface area contributed by atoms with Gasteiger partial charge >= 0.3 is 0 Å². The minimum atomic E-state index is 0.427. The van der Waals surface area contributed by atoms with Crippen LogP contribution in [0.1, 0.15) is 12.5 Å². The molecule has 2 aromatic rings. The van der Waals surface area contributed by atoms with Gasteiger partial charge in [0, 0.05) is 18.2 Å². The maximum Gasteiger partial charge on any atom is 0.148 e. The van der Waals surface area contributed by atoms with Gasteiger partial charge in [0.2, 0.25) is 0 Å². The molecular weight excluding hydrogens is 228 g/mol. The molecule has 0 aliphatic rings. The van der Waals surface area contributed by atoms with E-state index >= 15 is 0 Å². The first kappa shape index (κ1) is 12.3. The molecular formula is C14H14N2O2. The van der Waals surface area contributed by atoms with Gasteiger partial charge in [-0.1, -0.05) is 12.1 Å². The number of nitrogens with zero attached hydrogens (tertiary/aromatic N) is 2. The van der Waals surface area contributed by atoms with Gasteiger partial charge in [-0.25, -0.2) is 0 Å². The van der Waals surface area contributed by atoms with E-state index in [4.69, 9.17) is 14.7 Å². The van der Waals surface area contributed by atoms with Gasteiger partial charge in [-0.3, -0.25) is 4.98 Å². The largest absolute Gasteiger partial charge is 0.489 e. The maximum absolute atomic E-state index is 9.08. The van der Waals surface area contributed by atoms with Crippen LogP contribution in [-0.4, -0.2) is 24.8 Å². The molecule has 0 N–H and O–H groups in total. The summed E-state index contributed by atoms with van der Waals surface area (Å²) in [5.41, 5.74) is 1.27. The first-order chi connectivity index (χ1) is 8.86. The zero-order valence-electron chi connectivity index (χ0n) is 10.2. The lowest BCUT2D eigenvalue weighted by Gasteiger charge is -2.10. The number of rotatable bonds is 5. The Balaban J connectivity index is 2.30. The summed E-state index contributed by atoms with van der Waals surface area (Å²) < 4.78 is 10.9. The Bertz CT molecular complexity index is 576. The number of fused-ring (bicyclic) bond motifs is 1. The Morgan fingerprint density at radius 1 is 1.28 bits per heavy atom. The van der Waals surface area contributed by atoms with Gasteiger partial charge in [0.15, 0.2) is 0 Å². The Labute approximate surface area is 106 Å². The van der Waals surface area contributed by atoms with E-state index in [1.807, 2.05) is 31.2 Å². The van der Waals surface area contributed by atoms with E-state index in [1.165, 1.54) is 0 Å². The summed E-state index contributed by atoms with van der Waals surface area (Å²) in [5.74, 6) is 0.586. The van der Waals surface area contributed by atoms with Crippen molar-refractivity contribution in [2.75, 3.05) is 19.8 Å². The van der Waals surface area contributed by atoms with Gasteiger partial charge in [0.1, 0.15) is 24.0 Å². The molecule has 0 saturated carbocycles. The van der Waals surface area contributed by atoms with Crippen LogP contribution >= 0.6 is 0 Å². The van der Waals surface area contributed by atoms with E-state index in [0.29, 0.717) is 31.1 Å². The topological polar surface area (TPSA) is 55.1 Å². The average molecular weight is 242 g/mol. The lowest BCUT2D eigenvalue weighted by molar-refractivity contribution is 0.110. The predicted molar refractivity (Wildman–Crippen MR) is 68.4 cm³/mol. The van der Waals surface area contributed by atoms with Crippen molar-refractivity contribution in [1.29, 1.82) is 5.26 Å². The van der Waals surface area contributed by atoms with Crippen LogP contribution in [0, 0.1) is 11.3 Å². The molecule has 0 unspecified atom stereocenters. The second-order valence-corrected chi connectivity index (χ2v) is 3.68. The second kappa shape index (κ2) is 5.99. The van der Waals surface area contributed by atoms with Crippen LogP contribution in [0.2, 0.25) is 0 Å². The molecule has 0 bridgehead atoms. The van der Waals surface area contributed by atoms with E-state index in [2.05, 4.69) is 11.1 Å². The summed E-state index contributed by atoms with van der Waals surface area (Å²) in [4.78, 5) is 4.22. The fraction of sp³-hybridized carbons (Fsp3) is 0.286. The lowest BCUT2D eigenvalue weighted by atomic mass is 10.1. The van der Waals surface area contributed by atoms with Crippen LogP contribution in [-0.2, 0) is 4.74 Å². The van der Waals surface area contributed by atoms with Gasteiger partial charge < -0.3 is 9.47 Å². The third-order valence-corrected chi connectivity index (χ3v) is 2.52. The summed E-state index contributed by atoms with van der Waals surface area (Å²) in [6, 6.07) is 9.71. The van der Waals surface area contributed by atoms with Crippen LogP contribution in [0.25, 0.3) is 10.9 Å². The molecule has 0 spiro atoms. The molecule has 1 aromatic carbocycles. The number of nitriles is 1. The first-order valence-electron chi connectivity index (χ1n) is 5.85. The molecule has 1 aromatic heterocycles. The van der Waals surface area contributed by atoms with E-state index in [9.17, 15) is 0 Å². The Morgan fingerprint density at radius 2 is 2.11 bits per heavy atom. The van der Waals surface area contributed by atoms with Gasteiger partial charge in [-0.2, -0.15) is 5.26 Å². The Morgan fingerprint density at radius 3 is 2.89 bits per heavy atom. The lowest BCUT2D eigenvalue weighted by Crippen LogP contribution is -2.07. The van der Waals surface area contributed by atoms with E-state index in [-0.39, 0.29) is 0 Å². The highest BCUT2D eigenvalue weighted by atomic mass is 16.5. The van der Waals surface area contributed by atoms with Crippen LogP contribution < -0.4 is 4.74 Å². The van der Waals surface area contributed by atoms with Crippen molar-refractivity contribution >= 4 is 10.9 Å². The summed E-state index contributed by atoms with van der Waals surface area (Å²) in [5, 5.41) is 9.93. The molecule has 0 fully saturated rings. The smallest absolute Gasteiger partial charge is 0.148 e. The van der Waals surface area contributed by atoms with Crippen LogP contribution in [0.4, 0.5) is 0 Å². The zero-order chi connectivity index (χ0) is 12.8. The van der Waals surface area contributed by atoms with Crippen molar-refractivity contribution < 1.29 is 9.47 Å². The standard InChI is InChI=1S/C14H14N2O2/c1-2-17-7-8-18-14-11(9-15)10-16-13-6-4-3-5-12(13)14/h3-6,10H,2,7-8H2,1H3. The fourth-order valence-electron chi connectivity index (χ4n) is 1.70. The summed E-state index contributed by atoms with van der Waals surface area (Å²) >= 11 is 0. The summed E-state index contributed by atoms with van der Waals surface area (Å²) in [6.07, 6.45) is 1.54. The number of para-hydroxylation sites is 1. The maximum atomic E-state index is 9.08. The van der Waals surface area contributed by atoms with Gasteiger partial charge in [-0.05, 0) is 19.1 Å². The van der Waals surface area contributed by atoms with Crippen molar-refractivity contribution in [3.05, 3.63) is 36.0 Å². The monoisotopic (exact) mass is 242 g/mol. The number of hydrogen-bond acceptors (Lipinski definition) is 4. The highest BCUT2D eigenvalue weighted by molar-refractivity contribution is 5.86. The number of hydrogen-bond donors (Lipinski definition) is 0. The molecule has 4 nitrogen and oxygen atoms in total. The minimum absolute atomic E-state index is 0.427. The first-order valence-corrected chi connectivity index (χ1v) is 5.85. The van der Waals surface area contributed by atoms with Gasteiger partial charge in [0.25, 0.3) is 0 Å². The molecule has 18 heavy (non-hydrogen) atoms. The number of aromatic nitrogens is 1. The quantitative estimate of drug-likeness (QED) is 0.756. The molecule has 0 aliphatic carbocycles. The Hall–Kier alpha value is -2.12. The van der Waals surface area contributed by atoms with Crippen molar-refractivity contribution in [3.8, 4) is 11.8 Å².